The number of nitrogens with one attached hydrogen (secondary N) is 1. The summed E-state index contributed by atoms with van der Waals surface area (Å²) in [4.78, 5) is 36.5. The number of rotatable bonds is 7. The summed E-state index contributed by atoms with van der Waals surface area (Å²) in [6, 6.07) is 7.18. The Balaban J connectivity index is 1.62. The van der Waals surface area contributed by atoms with Crippen LogP contribution in [0.2, 0.25) is 0 Å². The zero-order valence-corrected chi connectivity index (χ0v) is 14.9. The predicted octanol–water partition coefficient (Wildman–Crippen LogP) is 2.55. The number of ether oxygens (including phenoxy) is 1. The number of benzene rings is 1. The summed E-state index contributed by atoms with van der Waals surface area (Å²) >= 11 is 0. The molecular weight excluding hydrogens is 336 g/mol. The summed E-state index contributed by atoms with van der Waals surface area (Å²) in [6.45, 7) is 4.38. The lowest BCUT2D eigenvalue weighted by Crippen LogP contribution is -2.34. The van der Waals surface area contributed by atoms with Crippen LogP contribution in [0.1, 0.15) is 44.9 Å². The fourth-order valence-corrected chi connectivity index (χ4v) is 3.01. The number of amides is 3. The average Bonchev–Trinajstić information content (AvgIpc) is 3.18. The van der Waals surface area contributed by atoms with Gasteiger partial charge in [0.15, 0.2) is 11.3 Å². The van der Waals surface area contributed by atoms with Crippen molar-refractivity contribution in [1.82, 2.24) is 10.2 Å². The van der Waals surface area contributed by atoms with Crippen LogP contribution < -0.4 is 10.1 Å². The Kier molecular flexibility index (Phi) is 5.25. The van der Waals surface area contributed by atoms with E-state index in [4.69, 9.17) is 9.15 Å². The number of nitrogens with zero attached hydrogens (tertiary/aromatic N) is 1. The van der Waals surface area contributed by atoms with Crippen LogP contribution in [-0.2, 0) is 14.4 Å². The van der Waals surface area contributed by atoms with E-state index in [9.17, 15) is 14.4 Å². The molecular formula is C19H22N2O5. The summed E-state index contributed by atoms with van der Waals surface area (Å²) in [6.07, 6.45) is 0.544. The first-order valence-electron chi connectivity index (χ1n) is 8.77. The minimum Gasteiger partial charge on any atom is -0.490 e. The van der Waals surface area contributed by atoms with Gasteiger partial charge in [-0.2, -0.15) is 0 Å². The molecule has 0 spiro atoms. The number of carbonyl (C=O) groups excluding carboxylic acids is 3. The molecule has 0 bridgehead atoms. The molecule has 1 fully saturated rings. The summed E-state index contributed by atoms with van der Waals surface area (Å²) in [5, 5.41) is 3.74. The van der Waals surface area contributed by atoms with Crippen LogP contribution >= 0.6 is 0 Å². The molecule has 1 aromatic heterocycles. The summed E-state index contributed by atoms with van der Waals surface area (Å²) in [5.74, 6) is 0.623. The van der Waals surface area contributed by atoms with Gasteiger partial charge in [0.25, 0.3) is 0 Å². The molecule has 0 radical (unpaired) electrons. The van der Waals surface area contributed by atoms with Crippen LogP contribution in [0.3, 0.4) is 0 Å². The van der Waals surface area contributed by atoms with Gasteiger partial charge in [0, 0.05) is 31.2 Å². The molecule has 1 N–H and O–H groups in total. The van der Waals surface area contributed by atoms with Gasteiger partial charge in [0.1, 0.15) is 5.76 Å². The monoisotopic (exact) mass is 358 g/mol. The largest absolute Gasteiger partial charge is 0.490 e. The molecule has 26 heavy (non-hydrogen) atoms. The molecule has 0 saturated carbocycles. The molecule has 138 valence electrons. The summed E-state index contributed by atoms with van der Waals surface area (Å²) < 4.78 is 11.4. The van der Waals surface area contributed by atoms with E-state index in [-0.39, 0.29) is 49.6 Å². The van der Waals surface area contributed by atoms with Gasteiger partial charge >= 0.3 is 0 Å². The van der Waals surface area contributed by atoms with Crippen LogP contribution in [0.15, 0.2) is 28.7 Å². The molecule has 1 atom stereocenters. The van der Waals surface area contributed by atoms with Gasteiger partial charge in [0.2, 0.25) is 17.7 Å². The minimum absolute atomic E-state index is 0.0756. The molecule has 3 rings (SSSR count). The van der Waals surface area contributed by atoms with E-state index in [2.05, 4.69) is 5.32 Å². The topological polar surface area (TPSA) is 88.9 Å². The van der Waals surface area contributed by atoms with Crippen LogP contribution in [0, 0.1) is 0 Å². The quantitative estimate of drug-likeness (QED) is 0.769. The van der Waals surface area contributed by atoms with Crippen molar-refractivity contribution in [2.45, 2.75) is 39.2 Å². The van der Waals surface area contributed by atoms with Crippen LogP contribution in [0.25, 0.3) is 11.0 Å². The Hall–Kier alpha value is -2.83. The number of likely N-dealkylation sites (tertiary alicyclic amines) is 1. The molecule has 7 heteroatoms. The van der Waals surface area contributed by atoms with E-state index in [0.717, 1.165) is 10.3 Å². The third kappa shape index (κ3) is 3.71. The van der Waals surface area contributed by atoms with Gasteiger partial charge in [-0.25, -0.2) is 0 Å². The Morgan fingerprint density at radius 2 is 2.04 bits per heavy atom. The van der Waals surface area contributed by atoms with Crippen LogP contribution in [0.5, 0.6) is 5.75 Å². The van der Waals surface area contributed by atoms with Crippen molar-refractivity contribution in [2.75, 3.05) is 13.2 Å². The zero-order valence-electron chi connectivity index (χ0n) is 14.9. The number of fused-ring (bicyclic) bond motifs is 1. The third-order valence-electron chi connectivity index (χ3n) is 4.35. The SMILES string of the molecule is CCOc1cccc2cc(C(C)NC(=O)CCN3C(=O)CCC3=O)oc12. The maximum Gasteiger partial charge on any atom is 0.229 e. The second-order valence-corrected chi connectivity index (χ2v) is 6.23. The van der Waals surface area contributed by atoms with Crippen molar-refractivity contribution in [2.24, 2.45) is 0 Å². The highest BCUT2D eigenvalue weighted by Crippen LogP contribution is 2.31. The summed E-state index contributed by atoms with van der Waals surface area (Å²) in [7, 11) is 0. The first-order chi connectivity index (χ1) is 12.5. The number of hydrogen-bond donors (Lipinski definition) is 1. The van der Waals surface area contributed by atoms with Crippen molar-refractivity contribution >= 4 is 28.7 Å². The highest BCUT2D eigenvalue weighted by atomic mass is 16.5. The minimum atomic E-state index is -0.339. The standard InChI is InChI=1S/C19H22N2O5/c1-3-25-14-6-4-5-13-11-15(26-19(13)14)12(2)20-16(22)9-10-21-17(23)7-8-18(21)24/h4-6,11-12H,3,7-10H2,1-2H3,(H,20,22). The van der Waals surface area contributed by atoms with Crippen molar-refractivity contribution in [3.8, 4) is 5.75 Å². The first kappa shape index (κ1) is 18.0. The fourth-order valence-electron chi connectivity index (χ4n) is 3.01. The molecule has 1 aromatic carbocycles. The lowest BCUT2D eigenvalue weighted by molar-refractivity contribution is -0.138. The smallest absolute Gasteiger partial charge is 0.229 e. The van der Waals surface area contributed by atoms with Crippen LogP contribution in [0.4, 0.5) is 0 Å². The second-order valence-electron chi connectivity index (χ2n) is 6.23. The van der Waals surface area contributed by atoms with E-state index in [1.807, 2.05) is 38.1 Å². The van der Waals surface area contributed by atoms with Gasteiger partial charge in [-0.05, 0) is 26.0 Å². The molecule has 3 amide bonds. The lowest BCUT2D eigenvalue weighted by atomic mass is 10.2. The Morgan fingerprint density at radius 1 is 1.31 bits per heavy atom. The molecule has 2 heterocycles. The van der Waals surface area contributed by atoms with Gasteiger partial charge in [-0.3, -0.25) is 19.3 Å². The molecule has 1 unspecified atom stereocenters. The highest BCUT2D eigenvalue weighted by Gasteiger charge is 2.29. The van der Waals surface area contributed by atoms with E-state index < -0.39 is 0 Å². The highest BCUT2D eigenvalue weighted by molar-refractivity contribution is 6.02. The second kappa shape index (κ2) is 7.59. The third-order valence-corrected chi connectivity index (χ3v) is 4.35. The zero-order chi connectivity index (χ0) is 18.7. The van der Waals surface area contributed by atoms with E-state index in [1.165, 1.54) is 0 Å². The van der Waals surface area contributed by atoms with Crippen LogP contribution in [-0.4, -0.2) is 35.8 Å². The molecule has 0 aliphatic carbocycles. The molecule has 1 saturated heterocycles. The van der Waals surface area contributed by atoms with Crippen molar-refractivity contribution in [3.05, 3.63) is 30.0 Å². The fraction of sp³-hybridized carbons (Fsp3) is 0.421. The van der Waals surface area contributed by atoms with Crippen molar-refractivity contribution in [3.63, 3.8) is 0 Å². The first-order valence-corrected chi connectivity index (χ1v) is 8.77. The Bertz CT molecular complexity index is 826. The van der Waals surface area contributed by atoms with Gasteiger partial charge in [-0.15, -0.1) is 0 Å². The summed E-state index contributed by atoms with van der Waals surface area (Å²) in [5.41, 5.74) is 0.652. The molecule has 2 aromatic rings. The number of para-hydroxylation sites is 1. The van der Waals surface area contributed by atoms with Crippen molar-refractivity contribution in [1.29, 1.82) is 0 Å². The van der Waals surface area contributed by atoms with E-state index in [0.29, 0.717) is 23.7 Å². The number of furan rings is 1. The lowest BCUT2D eigenvalue weighted by Gasteiger charge is -2.15. The normalized spacial score (nSPS) is 15.5. The average molecular weight is 358 g/mol. The number of imide groups is 1. The van der Waals surface area contributed by atoms with Gasteiger partial charge in [0.05, 0.1) is 12.6 Å². The number of hydrogen-bond acceptors (Lipinski definition) is 5. The Labute approximate surface area is 151 Å². The molecule has 1 aliphatic heterocycles. The maximum atomic E-state index is 12.2. The van der Waals surface area contributed by atoms with E-state index in [1.54, 1.807) is 0 Å². The number of carbonyl (C=O) groups is 3. The van der Waals surface area contributed by atoms with E-state index >= 15 is 0 Å². The molecule has 1 aliphatic rings. The maximum absolute atomic E-state index is 12.2. The van der Waals surface area contributed by atoms with Crippen molar-refractivity contribution < 1.29 is 23.5 Å². The molecule has 7 nitrogen and oxygen atoms in total. The predicted molar refractivity (Wildman–Crippen MR) is 94.5 cm³/mol. The van der Waals surface area contributed by atoms with Gasteiger partial charge in [-0.1, -0.05) is 12.1 Å². The van der Waals surface area contributed by atoms with Gasteiger partial charge < -0.3 is 14.5 Å². The Morgan fingerprint density at radius 3 is 2.73 bits per heavy atom.